The third-order valence-electron chi connectivity index (χ3n) is 8.52. The van der Waals surface area contributed by atoms with Crippen molar-refractivity contribution < 1.29 is 4.42 Å². The SMILES string of the molecule is c1ccc(-c2ccc3c(c2)c(-c2nc(-c4ccccc4)nc(-c4cccc5ccccc45)n2)cc2c4ccccc4oc32)cc1. The van der Waals surface area contributed by atoms with Gasteiger partial charge in [-0.3, -0.25) is 0 Å². The van der Waals surface area contributed by atoms with Gasteiger partial charge in [0.1, 0.15) is 11.2 Å². The first-order valence-electron chi connectivity index (χ1n) is 15.0. The molecule has 0 saturated heterocycles. The molecule has 210 valence electrons. The Hall–Kier alpha value is -6.13. The first-order valence-corrected chi connectivity index (χ1v) is 15.0. The van der Waals surface area contributed by atoms with Gasteiger partial charge in [0.15, 0.2) is 17.5 Å². The molecule has 4 nitrogen and oxygen atoms in total. The summed E-state index contributed by atoms with van der Waals surface area (Å²) in [5.41, 5.74) is 6.82. The molecule has 0 radical (unpaired) electrons. The summed E-state index contributed by atoms with van der Waals surface area (Å²) in [6.45, 7) is 0. The van der Waals surface area contributed by atoms with Gasteiger partial charge in [-0.25, -0.2) is 15.0 Å². The predicted molar refractivity (Wildman–Crippen MR) is 184 cm³/mol. The summed E-state index contributed by atoms with van der Waals surface area (Å²) in [5.74, 6) is 1.89. The minimum Gasteiger partial charge on any atom is -0.455 e. The molecule has 0 unspecified atom stereocenters. The summed E-state index contributed by atoms with van der Waals surface area (Å²) in [6, 6.07) is 52.2. The minimum absolute atomic E-state index is 0.620. The third kappa shape index (κ3) is 4.27. The van der Waals surface area contributed by atoms with Crippen LogP contribution in [0, 0.1) is 0 Å². The summed E-state index contributed by atoms with van der Waals surface area (Å²) in [6.07, 6.45) is 0. The number of rotatable bonds is 4. The molecule has 0 aliphatic heterocycles. The van der Waals surface area contributed by atoms with E-state index in [9.17, 15) is 0 Å². The van der Waals surface area contributed by atoms with Crippen molar-refractivity contribution in [2.75, 3.05) is 0 Å². The number of aromatic nitrogens is 3. The number of furan rings is 1. The number of para-hydroxylation sites is 1. The third-order valence-corrected chi connectivity index (χ3v) is 8.52. The monoisotopic (exact) mass is 575 g/mol. The number of benzene rings is 7. The van der Waals surface area contributed by atoms with Crippen molar-refractivity contribution >= 4 is 43.5 Å². The smallest absolute Gasteiger partial charge is 0.164 e. The molecule has 0 spiro atoms. The highest BCUT2D eigenvalue weighted by atomic mass is 16.3. The maximum absolute atomic E-state index is 6.48. The van der Waals surface area contributed by atoms with Crippen LogP contribution < -0.4 is 0 Å². The average Bonchev–Trinajstić information content (AvgIpc) is 3.50. The second kappa shape index (κ2) is 10.2. The molecule has 2 aromatic heterocycles. The Labute approximate surface area is 259 Å². The molecule has 9 rings (SSSR count). The van der Waals surface area contributed by atoms with E-state index in [0.717, 1.165) is 71.3 Å². The molecule has 0 saturated carbocycles. The highest BCUT2D eigenvalue weighted by molar-refractivity contribution is 6.19. The van der Waals surface area contributed by atoms with Crippen molar-refractivity contribution in [1.29, 1.82) is 0 Å². The second-order valence-electron chi connectivity index (χ2n) is 11.2. The Balaban J connectivity index is 1.39. The van der Waals surface area contributed by atoms with Gasteiger partial charge in [0.05, 0.1) is 0 Å². The molecule has 0 fully saturated rings. The van der Waals surface area contributed by atoms with Gasteiger partial charge in [0.25, 0.3) is 0 Å². The highest BCUT2D eigenvalue weighted by Gasteiger charge is 2.20. The van der Waals surface area contributed by atoms with Gasteiger partial charge in [-0.1, -0.05) is 127 Å². The fourth-order valence-corrected chi connectivity index (χ4v) is 6.34. The molecule has 9 aromatic rings. The zero-order chi connectivity index (χ0) is 29.7. The van der Waals surface area contributed by atoms with Crippen molar-refractivity contribution in [3.63, 3.8) is 0 Å². The van der Waals surface area contributed by atoms with Gasteiger partial charge >= 0.3 is 0 Å². The molecule has 0 amide bonds. The highest BCUT2D eigenvalue weighted by Crippen LogP contribution is 2.41. The lowest BCUT2D eigenvalue weighted by Crippen LogP contribution is -2.01. The van der Waals surface area contributed by atoms with Crippen LogP contribution in [0.2, 0.25) is 0 Å². The summed E-state index contributed by atoms with van der Waals surface area (Å²) in [7, 11) is 0. The lowest BCUT2D eigenvalue weighted by Gasteiger charge is -2.13. The maximum atomic E-state index is 6.48. The van der Waals surface area contributed by atoms with E-state index in [1.165, 1.54) is 0 Å². The van der Waals surface area contributed by atoms with E-state index in [1.807, 2.05) is 48.5 Å². The van der Waals surface area contributed by atoms with E-state index in [-0.39, 0.29) is 0 Å². The number of nitrogens with zero attached hydrogens (tertiary/aromatic N) is 3. The Morgan fingerprint density at radius 2 is 1.00 bits per heavy atom. The quantitative estimate of drug-likeness (QED) is 0.209. The molecular weight excluding hydrogens is 550 g/mol. The summed E-state index contributed by atoms with van der Waals surface area (Å²) in [4.78, 5) is 15.4. The summed E-state index contributed by atoms with van der Waals surface area (Å²) >= 11 is 0. The molecule has 7 aromatic carbocycles. The fourth-order valence-electron chi connectivity index (χ4n) is 6.34. The molecule has 4 heteroatoms. The van der Waals surface area contributed by atoms with E-state index in [0.29, 0.717) is 17.5 Å². The molecule has 0 atom stereocenters. The maximum Gasteiger partial charge on any atom is 0.164 e. The van der Waals surface area contributed by atoms with E-state index in [4.69, 9.17) is 19.4 Å². The Morgan fingerprint density at radius 3 is 1.82 bits per heavy atom. The first-order chi connectivity index (χ1) is 22.3. The van der Waals surface area contributed by atoms with Crippen molar-refractivity contribution in [2.24, 2.45) is 0 Å². The Bertz CT molecular complexity index is 2530. The van der Waals surface area contributed by atoms with Crippen LogP contribution in [-0.4, -0.2) is 15.0 Å². The molecule has 0 aliphatic carbocycles. The van der Waals surface area contributed by atoms with Crippen molar-refractivity contribution in [3.05, 3.63) is 152 Å². The lowest BCUT2D eigenvalue weighted by atomic mass is 9.95. The van der Waals surface area contributed by atoms with E-state index in [1.54, 1.807) is 0 Å². The lowest BCUT2D eigenvalue weighted by molar-refractivity contribution is 0.672. The molecule has 2 heterocycles. The normalized spacial score (nSPS) is 11.6. The van der Waals surface area contributed by atoms with Crippen molar-refractivity contribution in [1.82, 2.24) is 15.0 Å². The van der Waals surface area contributed by atoms with Gasteiger partial charge in [-0.2, -0.15) is 0 Å². The van der Waals surface area contributed by atoms with Gasteiger partial charge < -0.3 is 4.42 Å². The molecular formula is C41H25N3O. The largest absolute Gasteiger partial charge is 0.455 e. The zero-order valence-electron chi connectivity index (χ0n) is 24.2. The fraction of sp³-hybridized carbons (Fsp3) is 0. The van der Waals surface area contributed by atoms with E-state index < -0.39 is 0 Å². The van der Waals surface area contributed by atoms with Crippen LogP contribution in [0.25, 0.3) is 88.8 Å². The van der Waals surface area contributed by atoms with Crippen molar-refractivity contribution in [3.8, 4) is 45.3 Å². The second-order valence-corrected chi connectivity index (χ2v) is 11.2. The summed E-state index contributed by atoms with van der Waals surface area (Å²) in [5, 5.41) is 6.39. The van der Waals surface area contributed by atoms with E-state index in [2.05, 4.69) is 103 Å². The van der Waals surface area contributed by atoms with Gasteiger partial charge in [0.2, 0.25) is 0 Å². The van der Waals surface area contributed by atoms with Crippen LogP contribution in [-0.2, 0) is 0 Å². The van der Waals surface area contributed by atoms with Crippen LogP contribution >= 0.6 is 0 Å². The van der Waals surface area contributed by atoms with Crippen molar-refractivity contribution in [2.45, 2.75) is 0 Å². The van der Waals surface area contributed by atoms with Crippen LogP contribution in [0.1, 0.15) is 0 Å². The Kier molecular flexibility index (Phi) is 5.78. The van der Waals surface area contributed by atoms with Gasteiger partial charge in [-0.05, 0) is 51.6 Å². The summed E-state index contributed by atoms with van der Waals surface area (Å²) < 4.78 is 6.48. The first kappa shape index (κ1) is 25.4. The number of fused-ring (bicyclic) bond motifs is 6. The van der Waals surface area contributed by atoms with Crippen LogP contribution in [0.4, 0.5) is 0 Å². The van der Waals surface area contributed by atoms with E-state index >= 15 is 0 Å². The number of hydrogen-bond donors (Lipinski definition) is 0. The molecule has 0 bridgehead atoms. The molecule has 0 aliphatic rings. The number of hydrogen-bond acceptors (Lipinski definition) is 4. The molecule has 0 N–H and O–H groups in total. The van der Waals surface area contributed by atoms with Crippen LogP contribution in [0.15, 0.2) is 156 Å². The minimum atomic E-state index is 0.620. The van der Waals surface area contributed by atoms with Crippen LogP contribution in [0.3, 0.4) is 0 Å². The standard InChI is InChI=1S/C41H25N3O/c1-3-12-26(13-4-1)29-22-23-32-34(24-29)36(25-35-31-19-9-10-21-37(31)45-38(32)35)41-43-39(28-15-5-2-6-16-28)42-40(44-41)33-20-11-17-27-14-7-8-18-30(27)33/h1-25H. The van der Waals surface area contributed by atoms with Gasteiger partial charge in [0, 0.05) is 32.8 Å². The average molecular weight is 576 g/mol. The van der Waals surface area contributed by atoms with Gasteiger partial charge in [-0.15, -0.1) is 0 Å². The topological polar surface area (TPSA) is 51.8 Å². The van der Waals surface area contributed by atoms with Crippen LogP contribution in [0.5, 0.6) is 0 Å². The zero-order valence-corrected chi connectivity index (χ0v) is 24.2. The predicted octanol–water partition coefficient (Wildman–Crippen LogP) is 10.7. The Morgan fingerprint density at radius 1 is 0.356 bits per heavy atom. The molecule has 45 heavy (non-hydrogen) atoms.